The van der Waals surface area contributed by atoms with Crippen LogP contribution in [0.3, 0.4) is 0 Å². The van der Waals surface area contributed by atoms with Crippen LogP contribution in [0.2, 0.25) is 0 Å². The minimum atomic E-state index is -0.270. The van der Waals surface area contributed by atoms with Crippen LogP contribution in [0.25, 0.3) is 22.0 Å². The maximum absolute atomic E-state index is 13.5. The van der Waals surface area contributed by atoms with Gasteiger partial charge in [0.2, 0.25) is 0 Å². The summed E-state index contributed by atoms with van der Waals surface area (Å²) in [4.78, 5) is 26.5. The van der Waals surface area contributed by atoms with E-state index in [0.717, 1.165) is 11.1 Å². The molecule has 0 saturated carbocycles. The predicted octanol–water partition coefficient (Wildman–Crippen LogP) is 4.77. The first-order valence-electron chi connectivity index (χ1n) is 9.64. The molecule has 0 aliphatic heterocycles. The maximum Gasteiger partial charge on any atom is 0.256 e. The van der Waals surface area contributed by atoms with Crippen LogP contribution in [0.4, 0.5) is 5.82 Å². The molecule has 3 aromatic carbocycles. The second-order valence-electron chi connectivity index (χ2n) is 7.18. The first-order chi connectivity index (χ1) is 14.5. The largest absolute Gasteiger partial charge is 0.497 e. The minimum absolute atomic E-state index is 0.142. The number of nitrogens with zero attached hydrogens (tertiary/aromatic N) is 1. The van der Waals surface area contributed by atoms with Crippen molar-refractivity contribution in [2.45, 2.75) is 6.92 Å². The lowest BCUT2D eigenvalue weighted by molar-refractivity contribution is 0.102. The topological polar surface area (TPSA) is 60.3 Å². The molecule has 0 aliphatic rings. The Hall–Kier alpha value is -3.86. The molecule has 0 unspecified atom stereocenters. The molecule has 0 aliphatic carbocycles. The van der Waals surface area contributed by atoms with Crippen LogP contribution in [-0.2, 0) is 7.05 Å². The van der Waals surface area contributed by atoms with E-state index < -0.39 is 0 Å². The Morgan fingerprint density at radius 3 is 2.50 bits per heavy atom. The molecule has 1 amide bonds. The molecular formula is C25H22N2O3. The average molecular weight is 398 g/mol. The van der Waals surface area contributed by atoms with E-state index in [4.69, 9.17) is 4.74 Å². The van der Waals surface area contributed by atoms with E-state index in [-0.39, 0.29) is 11.3 Å². The van der Waals surface area contributed by atoms with Gasteiger partial charge in [-0.25, -0.2) is 0 Å². The Labute approximate surface area is 174 Å². The van der Waals surface area contributed by atoms with Gasteiger partial charge in [-0.05, 0) is 48.9 Å². The smallest absolute Gasteiger partial charge is 0.256 e. The molecule has 4 rings (SSSR count). The van der Waals surface area contributed by atoms with Gasteiger partial charge in [0.05, 0.1) is 18.2 Å². The average Bonchev–Trinajstić information content (AvgIpc) is 2.77. The molecule has 0 spiro atoms. The number of hydrogen-bond acceptors (Lipinski definition) is 3. The minimum Gasteiger partial charge on any atom is -0.497 e. The van der Waals surface area contributed by atoms with Gasteiger partial charge >= 0.3 is 0 Å². The molecule has 0 fully saturated rings. The number of ether oxygens (including phenoxy) is 1. The van der Waals surface area contributed by atoms with Gasteiger partial charge in [-0.15, -0.1) is 0 Å². The fourth-order valence-electron chi connectivity index (χ4n) is 3.65. The standard InChI is InChI=1S/C25H22N2O3/c1-16-8-6-10-18(14-16)25(29)26-24-22(17-9-7-11-19(15-17)30-3)23(28)20-12-4-5-13-21(20)27(24)2/h4-15H,1-3H3,(H,26,29). The lowest BCUT2D eigenvalue weighted by Gasteiger charge is -2.18. The summed E-state index contributed by atoms with van der Waals surface area (Å²) < 4.78 is 7.19. The van der Waals surface area contributed by atoms with E-state index in [1.807, 2.05) is 73.1 Å². The Morgan fingerprint density at radius 1 is 0.967 bits per heavy atom. The number of benzene rings is 3. The van der Waals surface area contributed by atoms with Crippen LogP contribution in [0.1, 0.15) is 15.9 Å². The summed E-state index contributed by atoms with van der Waals surface area (Å²) in [6.07, 6.45) is 0. The summed E-state index contributed by atoms with van der Waals surface area (Å²) in [5.74, 6) is 0.810. The van der Waals surface area contributed by atoms with E-state index in [1.54, 1.807) is 25.3 Å². The molecule has 5 nitrogen and oxygen atoms in total. The van der Waals surface area contributed by atoms with Crippen molar-refractivity contribution >= 4 is 22.6 Å². The summed E-state index contributed by atoms with van der Waals surface area (Å²) in [5, 5.41) is 3.56. The maximum atomic E-state index is 13.5. The number of nitrogens with one attached hydrogen (secondary N) is 1. The quantitative estimate of drug-likeness (QED) is 0.538. The fourth-order valence-corrected chi connectivity index (χ4v) is 3.65. The van der Waals surface area contributed by atoms with E-state index in [2.05, 4.69) is 5.32 Å². The number of anilines is 1. The van der Waals surface area contributed by atoms with E-state index in [0.29, 0.717) is 33.6 Å². The summed E-state index contributed by atoms with van der Waals surface area (Å²) in [6.45, 7) is 1.93. The van der Waals surface area contributed by atoms with Gasteiger partial charge in [0.15, 0.2) is 5.43 Å². The van der Waals surface area contributed by atoms with Gasteiger partial charge in [0.25, 0.3) is 5.91 Å². The Bertz CT molecular complexity index is 1320. The zero-order valence-corrected chi connectivity index (χ0v) is 17.1. The number of aromatic nitrogens is 1. The predicted molar refractivity (Wildman–Crippen MR) is 120 cm³/mol. The lowest BCUT2D eigenvalue weighted by atomic mass is 10.0. The second kappa shape index (κ2) is 7.87. The van der Waals surface area contributed by atoms with Crippen molar-refractivity contribution in [3.63, 3.8) is 0 Å². The van der Waals surface area contributed by atoms with Crippen LogP contribution in [0.5, 0.6) is 5.75 Å². The zero-order valence-electron chi connectivity index (χ0n) is 17.1. The molecule has 0 bridgehead atoms. The van der Waals surface area contributed by atoms with Crippen molar-refractivity contribution in [1.29, 1.82) is 0 Å². The van der Waals surface area contributed by atoms with Crippen molar-refractivity contribution in [3.05, 3.63) is 94.1 Å². The van der Waals surface area contributed by atoms with Crippen LogP contribution < -0.4 is 15.5 Å². The highest BCUT2D eigenvalue weighted by Crippen LogP contribution is 2.30. The van der Waals surface area contributed by atoms with Gasteiger partial charge in [0, 0.05) is 18.0 Å². The highest BCUT2D eigenvalue weighted by atomic mass is 16.5. The Morgan fingerprint density at radius 2 is 1.73 bits per heavy atom. The number of carbonyl (C=O) groups is 1. The highest BCUT2D eigenvalue weighted by Gasteiger charge is 2.19. The SMILES string of the molecule is COc1cccc(-c2c(NC(=O)c3cccc(C)c3)n(C)c3ccccc3c2=O)c1. The van der Waals surface area contributed by atoms with Gasteiger partial charge < -0.3 is 14.6 Å². The monoisotopic (exact) mass is 398 g/mol. The van der Waals surface area contributed by atoms with Gasteiger partial charge in [-0.1, -0.05) is 42.0 Å². The van der Waals surface area contributed by atoms with Crippen LogP contribution >= 0.6 is 0 Å². The normalized spacial score (nSPS) is 10.8. The number of hydrogen-bond donors (Lipinski definition) is 1. The molecular weight excluding hydrogens is 376 g/mol. The Kier molecular flexibility index (Phi) is 5.11. The fraction of sp³-hybridized carbons (Fsp3) is 0.120. The van der Waals surface area contributed by atoms with Crippen molar-refractivity contribution < 1.29 is 9.53 Å². The molecule has 1 aromatic heterocycles. The number of methoxy groups -OCH3 is 1. The van der Waals surface area contributed by atoms with Crippen molar-refractivity contribution in [3.8, 4) is 16.9 Å². The van der Waals surface area contributed by atoms with Crippen molar-refractivity contribution in [1.82, 2.24) is 4.57 Å². The van der Waals surface area contributed by atoms with Gasteiger partial charge in [-0.2, -0.15) is 0 Å². The first kappa shape index (κ1) is 19.5. The summed E-state index contributed by atoms with van der Waals surface area (Å²) in [7, 11) is 3.43. The highest BCUT2D eigenvalue weighted by molar-refractivity contribution is 6.07. The number of rotatable bonds is 4. The third-order valence-electron chi connectivity index (χ3n) is 5.18. The molecule has 1 N–H and O–H groups in total. The first-order valence-corrected chi connectivity index (χ1v) is 9.64. The Balaban J connectivity index is 1.96. The lowest BCUT2D eigenvalue weighted by Crippen LogP contribution is -2.21. The molecule has 4 aromatic rings. The number of para-hydroxylation sites is 1. The summed E-state index contributed by atoms with van der Waals surface area (Å²) in [6, 6.07) is 22.0. The molecule has 1 heterocycles. The van der Waals surface area contributed by atoms with Gasteiger partial charge in [-0.3, -0.25) is 9.59 Å². The molecule has 30 heavy (non-hydrogen) atoms. The molecule has 5 heteroatoms. The van der Waals surface area contributed by atoms with Crippen LogP contribution in [0.15, 0.2) is 77.6 Å². The van der Waals surface area contributed by atoms with E-state index in [9.17, 15) is 9.59 Å². The van der Waals surface area contributed by atoms with Crippen LogP contribution in [0, 0.1) is 6.92 Å². The van der Waals surface area contributed by atoms with Crippen molar-refractivity contribution in [2.75, 3.05) is 12.4 Å². The molecule has 0 radical (unpaired) electrons. The number of carbonyl (C=O) groups excluding carboxylic acids is 1. The van der Waals surface area contributed by atoms with E-state index >= 15 is 0 Å². The summed E-state index contributed by atoms with van der Waals surface area (Å²) >= 11 is 0. The van der Waals surface area contributed by atoms with Crippen LogP contribution in [-0.4, -0.2) is 17.6 Å². The second-order valence-corrected chi connectivity index (χ2v) is 7.18. The van der Waals surface area contributed by atoms with Gasteiger partial charge in [0.1, 0.15) is 11.6 Å². The third kappa shape index (κ3) is 3.46. The number of amides is 1. The third-order valence-corrected chi connectivity index (χ3v) is 5.18. The molecule has 150 valence electrons. The number of aryl methyl sites for hydroxylation is 2. The van der Waals surface area contributed by atoms with E-state index in [1.165, 1.54) is 0 Å². The molecule has 0 saturated heterocycles. The number of pyridine rings is 1. The van der Waals surface area contributed by atoms with Crippen molar-refractivity contribution in [2.24, 2.45) is 7.05 Å². The zero-order chi connectivity index (χ0) is 21.3. The molecule has 0 atom stereocenters. The summed E-state index contributed by atoms with van der Waals surface area (Å²) in [5.41, 5.74) is 3.23. The number of fused-ring (bicyclic) bond motifs is 1.